The molecule has 0 unspecified atom stereocenters. The van der Waals surface area contributed by atoms with Crippen LogP contribution in [0.3, 0.4) is 0 Å². The van der Waals surface area contributed by atoms with Crippen molar-refractivity contribution in [1.82, 2.24) is 24.6 Å². The predicted molar refractivity (Wildman–Crippen MR) is 96.9 cm³/mol. The maximum atomic E-state index is 12.6. The fraction of sp³-hybridized carbons (Fsp3) is 0.294. The Kier molecular flexibility index (Phi) is 3.83. The lowest BCUT2D eigenvalue weighted by molar-refractivity contribution is 0.0746. The number of carbonyl (C=O) groups is 1. The van der Waals surface area contributed by atoms with Gasteiger partial charge >= 0.3 is 0 Å². The number of rotatable bonds is 2. The Morgan fingerprint density at radius 1 is 1.12 bits per heavy atom. The number of aromatic hydroxyl groups is 1. The van der Waals surface area contributed by atoms with Crippen LogP contribution in [-0.4, -0.2) is 61.8 Å². The molecule has 1 fully saturated rings. The maximum Gasteiger partial charge on any atom is 0.253 e. The zero-order valence-corrected chi connectivity index (χ0v) is 14.3. The highest BCUT2D eigenvalue weighted by Gasteiger charge is 2.24. The van der Waals surface area contributed by atoms with E-state index in [2.05, 4.69) is 15.1 Å². The van der Waals surface area contributed by atoms with E-state index in [1.165, 1.54) is 12.1 Å². The molecule has 4 rings (SSSR count). The highest BCUT2D eigenvalue weighted by atomic mass is 16.3. The second kappa shape index (κ2) is 6.17. The van der Waals surface area contributed by atoms with E-state index in [4.69, 9.17) is 5.73 Å². The standard InChI is InChI=1S/C17H19N7O2/c1-22-15-13(10-19-22)14(18)20-17(21-15)24-8-6-23(7-9-24)16(26)11-2-4-12(25)5-3-11/h2-5,10,25H,6-9H2,1H3,(H2,18,20,21). The number of hydrogen-bond donors (Lipinski definition) is 2. The first-order chi connectivity index (χ1) is 12.5. The molecule has 3 heterocycles. The van der Waals surface area contributed by atoms with Crippen LogP contribution in [0.5, 0.6) is 5.75 Å². The first-order valence-electron chi connectivity index (χ1n) is 8.31. The molecule has 1 aliphatic rings. The molecule has 3 N–H and O–H groups in total. The second-order valence-electron chi connectivity index (χ2n) is 6.24. The Morgan fingerprint density at radius 2 is 1.81 bits per heavy atom. The van der Waals surface area contributed by atoms with Crippen LogP contribution in [0.15, 0.2) is 30.5 Å². The molecule has 9 heteroatoms. The van der Waals surface area contributed by atoms with Gasteiger partial charge in [-0.3, -0.25) is 9.48 Å². The summed E-state index contributed by atoms with van der Waals surface area (Å²) in [7, 11) is 1.81. The quantitative estimate of drug-likeness (QED) is 0.694. The summed E-state index contributed by atoms with van der Waals surface area (Å²) in [5, 5.41) is 14.2. The number of anilines is 2. The summed E-state index contributed by atoms with van der Waals surface area (Å²) in [6, 6.07) is 6.29. The highest BCUT2D eigenvalue weighted by molar-refractivity contribution is 5.94. The molecule has 1 saturated heterocycles. The van der Waals surface area contributed by atoms with Crippen LogP contribution < -0.4 is 10.6 Å². The predicted octanol–water partition coefficient (Wildman–Crippen LogP) is 0.613. The minimum absolute atomic E-state index is 0.0489. The van der Waals surface area contributed by atoms with Crippen molar-refractivity contribution in [3.05, 3.63) is 36.0 Å². The Morgan fingerprint density at radius 3 is 2.50 bits per heavy atom. The van der Waals surface area contributed by atoms with E-state index < -0.39 is 0 Å². The Hall–Kier alpha value is -3.36. The molecular formula is C17H19N7O2. The molecule has 0 saturated carbocycles. The zero-order chi connectivity index (χ0) is 18.3. The zero-order valence-electron chi connectivity index (χ0n) is 14.3. The fourth-order valence-electron chi connectivity index (χ4n) is 3.07. The Bertz CT molecular complexity index is 959. The van der Waals surface area contributed by atoms with Crippen molar-refractivity contribution in [2.75, 3.05) is 36.8 Å². The number of nitrogen functional groups attached to an aromatic ring is 1. The normalized spacial score (nSPS) is 14.8. The number of phenolic OH excluding ortho intramolecular Hbond substituents is 1. The van der Waals surface area contributed by atoms with E-state index in [-0.39, 0.29) is 11.7 Å². The summed E-state index contributed by atoms with van der Waals surface area (Å²) in [6.07, 6.45) is 1.66. The number of hydrogen-bond acceptors (Lipinski definition) is 7. The van der Waals surface area contributed by atoms with E-state index in [0.717, 1.165) is 5.39 Å². The molecule has 0 bridgehead atoms. The van der Waals surface area contributed by atoms with Crippen molar-refractivity contribution in [3.8, 4) is 5.75 Å². The van der Waals surface area contributed by atoms with Crippen molar-refractivity contribution < 1.29 is 9.90 Å². The van der Waals surface area contributed by atoms with Crippen LogP contribution in [0.2, 0.25) is 0 Å². The average molecular weight is 353 g/mol. The minimum Gasteiger partial charge on any atom is -0.508 e. The molecule has 0 atom stereocenters. The number of benzene rings is 1. The first kappa shape index (κ1) is 16.1. The van der Waals surface area contributed by atoms with Gasteiger partial charge in [0.2, 0.25) is 5.95 Å². The van der Waals surface area contributed by atoms with Crippen molar-refractivity contribution in [2.45, 2.75) is 0 Å². The fourth-order valence-corrected chi connectivity index (χ4v) is 3.07. The van der Waals surface area contributed by atoms with Gasteiger partial charge in [0.1, 0.15) is 11.6 Å². The van der Waals surface area contributed by atoms with Gasteiger partial charge in [-0.25, -0.2) is 0 Å². The van der Waals surface area contributed by atoms with E-state index in [1.54, 1.807) is 27.9 Å². The molecule has 2 aromatic heterocycles. The van der Waals surface area contributed by atoms with Gasteiger partial charge < -0.3 is 20.6 Å². The summed E-state index contributed by atoms with van der Waals surface area (Å²) in [4.78, 5) is 25.3. The number of aryl methyl sites for hydroxylation is 1. The van der Waals surface area contributed by atoms with Crippen LogP contribution in [0, 0.1) is 0 Å². The number of fused-ring (bicyclic) bond motifs is 1. The molecule has 9 nitrogen and oxygen atoms in total. The van der Waals surface area contributed by atoms with Crippen LogP contribution in [0.1, 0.15) is 10.4 Å². The van der Waals surface area contributed by atoms with Crippen molar-refractivity contribution >= 4 is 28.7 Å². The van der Waals surface area contributed by atoms with E-state index in [9.17, 15) is 9.90 Å². The van der Waals surface area contributed by atoms with Crippen molar-refractivity contribution in [3.63, 3.8) is 0 Å². The van der Waals surface area contributed by atoms with E-state index in [0.29, 0.717) is 49.2 Å². The summed E-state index contributed by atoms with van der Waals surface area (Å²) in [6.45, 7) is 2.36. The van der Waals surface area contributed by atoms with E-state index >= 15 is 0 Å². The summed E-state index contributed by atoms with van der Waals surface area (Å²) < 4.78 is 1.67. The topological polar surface area (TPSA) is 113 Å². The van der Waals surface area contributed by atoms with Crippen LogP contribution in [0.25, 0.3) is 11.0 Å². The van der Waals surface area contributed by atoms with Gasteiger partial charge in [0, 0.05) is 38.8 Å². The SMILES string of the molecule is Cn1ncc2c(N)nc(N3CCN(C(=O)c4ccc(O)cc4)CC3)nc21. The molecule has 1 aliphatic heterocycles. The number of nitrogens with two attached hydrogens (primary N) is 1. The van der Waals surface area contributed by atoms with Crippen LogP contribution in [0.4, 0.5) is 11.8 Å². The molecule has 1 amide bonds. The third kappa shape index (κ3) is 2.77. The molecule has 0 radical (unpaired) electrons. The summed E-state index contributed by atoms with van der Waals surface area (Å²) in [5.41, 5.74) is 7.28. The Balaban J connectivity index is 1.49. The number of nitrogens with zero attached hydrogens (tertiary/aromatic N) is 6. The molecule has 134 valence electrons. The number of aromatic nitrogens is 4. The van der Waals surface area contributed by atoms with Gasteiger partial charge in [0.25, 0.3) is 5.91 Å². The largest absolute Gasteiger partial charge is 0.508 e. The third-order valence-corrected chi connectivity index (χ3v) is 4.57. The van der Waals surface area contributed by atoms with Gasteiger partial charge in [0.05, 0.1) is 11.6 Å². The van der Waals surface area contributed by atoms with Gasteiger partial charge in [-0.2, -0.15) is 15.1 Å². The van der Waals surface area contributed by atoms with Gasteiger partial charge in [-0.1, -0.05) is 0 Å². The van der Waals surface area contributed by atoms with Crippen molar-refractivity contribution in [1.29, 1.82) is 0 Å². The smallest absolute Gasteiger partial charge is 0.253 e. The van der Waals surface area contributed by atoms with Crippen molar-refractivity contribution in [2.24, 2.45) is 7.05 Å². The van der Waals surface area contributed by atoms with Crippen LogP contribution >= 0.6 is 0 Å². The highest BCUT2D eigenvalue weighted by Crippen LogP contribution is 2.22. The molecule has 3 aromatic rings. The average Bonchev–Trinajstić information content (AvgIpc) is 3.03. The number of phenols is 1. The van der Waals surface area contributed by atoms with Gasteiger partial charge in [0.15, 0.2) is 5.65 Å². The Labute approximate surface area is 149 Å². The minimum atomic E-state index is -0.0489. The van der Waals surface area contributed by atoms with Crippen LogP contribution in [-0.2, 0) is 7.05 Å². The third-order valence-electron chi connectivity index (χ3n) is 4.57. The second-order valence-corrected chi connectivity index (χ2v) is 6.24. The lowest BCUT2D eigenvalue weighted by Gasteiger charge is -2.34. The number of piperazine rings is 1. The lowest BCUT2D eigenvalue weighted by atomic mass is 10.1. The molecule has 26 heavy (non-hydrogen) atoms. The summed E-state index contributed by atoms with van der Waals surface area (Å²) in [5.74, 6) is 1.05. The molecular weight excluding hydrogens is 334 g/mol. The van der Waals surface area contributed by atoms with Gasteiger partial charge in [-0.05, 0) is 24.3 Å². The molecule has 1 aromatic carbocycles. The maximum absolute atomic E-state index is 12.6. The number of carbonyl (C=O) groups excluding carboxylic acids is 1. The monoisotopic (exact) mass is 353 g/mol. The van der Waals surface area contributed by atoms with E-state index in [1.807, 2.05) is 11.9 Å². The number of amides is 1. The summed E-state index contributed by atoms with van der Waals surface area (Å²) >= 11 is 0. The van der Waals surface area contributed by atoms with Gasteiger partial charge in [-0.15, -0.1) is 0 Å². The molecule has 0 spiro atoms. The lowest BCUT2D eigenvalue weighted by Crippen LogP contribution is -2.49. The molecule has 0 aliphatic carbocycles. The first-order valence-corrected chi connectivity index (χ1v) is 8.31.